The van der Waals surface area contributed by atoms with Crippen molar-refractivity contribution in [3.05, 3.63) is 35.0 Å². The summed E-state index contributed by atoms with van der Waals surface area (Å²) in [6.45, 7) is 5.04. The number of benzene rings is 1. The number of carbonyl (C=O) groups is 1. The fourth-order valence-corrected chi connectivity index (χ4v) is 3.20. The molecule has 2 heterocycles. The molecule has 118 valence electrons. The van der Waals surface area contributed by atoms with E-state index in [-0.39, 0.29) is 18.6 Å². The van der Waals surface area contributed by atoms with Crippen molar-refractivity contribution >= 4 is 28.4 Å². The van der Waals surface area contributed by atoms with Crippen LogP contribution in [0.4, 0.5) is 0 Å². The Morgan fingerprint density at radius 1 is 1.41 bits per heavy atom. The Bertz CT molecular complexity index is 685. The van der Waals surface area contributed by atoms with Crippen LogP contribution in [0.2, 0.25) is 5.02 Å². The van der Waals surface area contributed by atoms with E-state index in [9.17, 15) is 4.79 Å². The summed E-state index contributed by atoms with van der Waals surface area (Å²) in [6.07, 6.45) is 0. The summed E-state index contributed by atoms with van der Waals surface area (Å²) >= 11 is 5.98. The lowest BCUT2D eigenvalue weighted by Crippen LogP contribution is -2.54. The van der Waals surface area contributed by atoms with Gasteiger partial charge in [-0.1, -0.05) is 17.7 Å². The maximum absolute atomic E-state index is 12.7. The predicted molar refractivity (Wildman–Crippen MR) is 87.3 cm³/mol. The number of hydrogen-bond donors (Lipinski definition) is 2. The number of fused-ring (bicyclic) bond motifs is 1. The number of aliphatic hydroxyl groups excluding tert-OH is 1. The summed E-state index contributed by atoms with van der Waals surface area (Å²) in [5.74, 6) is 0.0165. The minimum absolute atomic E-state index is 0.0165. The van der Waals surface area contributed by atoms with Gasteiger partial charge in [-0.05, 0) is 25.1 Å². The van der Waals surface area contributed by atoms with E-state index in [1.54, 1.807) is 0 Å². The van der Waals surface area contributed by atoms with E-state index in [0.29, 0.717) is 30.4 Å². The molecule has 5 nitrogen and oxygen atoms in total. The fourth-order valence-electron chi connectivity index (χ4n) is 3.03. The summed E-state index contributed by atoms with van der Waals surface area (Å²) in [5.41, 5.74) is 1.47. The number of carbonyl (C=O) groups excluding carboxylic acids is 1. The van der Waals surface area contributed by atoms with Gasteiger partial charge in [0.1, 0.15) is 5.69 Å². The highest BCUT2D eigenvalue weighted by atomic mass is 35.5. The molecule has 0 bridgehead atoms. The molecular weight excluding hydrogens is 302 g/mol. The van der Waals surface area contributed by atoms with Crippen LogP contribution in [0.15, 0.2) is 24.3 Å². The van der Waals surface area contributed by atoms with E-state index >= 15 is 0 Å². The SMILES string of the molecule is CC1CN(C(=O)c2cc3ccc(Cl)cc3[nH]2)CCN1CCO. The number of aliphatic hydroxyl groups is 1. The maximum Gasteiger partial charge on any atom is 0.270 e. The first-order valence-corrected chi connectivity index (χ1v) is 7.88. The molecule has 1 aromatic carbocycles. The van der Waals surface area contributed by atoms with Gasteiger partial charge in [-0.25, -0.2) is 0 Å². The molecule has 1 aliphatic heterocycles. The lowest BCUT2D eigenvalue weighted by molar-refractivity contribution is 0.0466. The Hall–Kier alpha value is -1.56. The summed E-state index contributed by atoms with van der Waals surface area (Å²) in [5, 5.41) is 10.7. The second-order valence-electron chi connectivity index (χ2n) is 5.77. The van der Waals surface area contributed by atoms with Crippen molar-refractivity contribution in [1.29, 1.82) is 0 Å². The number of β-amino-alcohol motifs (C(OH)–C–C–N with tert-alkyl or cyclic N) is 1. The lowest BCUT2D eigenvalue weighted by atomic mass is 10.1. The van der Waals surface area contributed by atoms with Crippen LogP contribution < -0.4 is 0 Å². The molecule has 0 aliphatic carbocycles. The minimum Gasteiger partial charge on any atom is -0.395 e. The topological polar surface area (TPSA) is 59.6 Å². The Morgan fingerprint density at radius 2 is 2.23 bits per heavy atom. The third-order valence-corrected chi connectivity index (χ3v) is 4.49. The number of H-pyrrole nitrogens is 1. The van der Waals surface area contributed by atoms with Gasteiger partial charge in [0.2, 0.25) is 0 Å². The molecule has 1 atom stereocenters. The number of nitrogens with one attached hydrogen (secondary N) is 1. The highest BCUT2D eigenvalue weighted by Crippen LogP contribution is 2.21. The van der Waals surface area contributed by atoms with Crippen molar-refractivity contribution in [2.45, 2.75) is 13.0 Å². The molecule has 1 amide bonds. The van der Waals surface area contributed by atoms with Crippen LogP contribution >= 0.6 is 11.6 Å². The zero-order chi connectivity index (χ0) is 15.7. The molecule has 1 unspecified atom stereocenters. The molecule has 22 heavy (non-hydrogen) atoms. The molecule has 0 radical (unpaired) electrons. The lowest BCUT2D eigenvalue weighted by Gasteiger charge is -2.39. The summed E-state index contributed by atoms with van der Waals surface area (Å²) in [6, 6.07) is 7.69. The number of amides is 1. The van der Waals surface area contributed by atoms with E-state index in [0.717, 1.165) is 17.4 Å². The van der Waals surface area contributed by atoms with Crippen LogP contribution in [0.1, 0.15) is 17.4 Å². The molecule has 1 fully saturated rings. The number of halogens is 1. The summed E-state index contributed by atoms with van der Waals surface area (Å²) < 4.78 is 0. The van der Waals surface area contributed by atoms with Crippen LogP contribution in [0.25, 0.3) is 10.9 Å². The summed E-state index contributed by atoms with van der Waals surface area (Å²) in [7, 11) is 0. The molecule has 0 spiro atoms. The van der Waals surface area contributed by atoms with Crippen molar-refractivity contribution in [1.82, 2.24) is 14.8 Å². The molecule has 1 saturated heterocycles. The van der Waals surface area contributed by atoms with Crippen LogP contribution in [0, 0.1) is 0 Å². The first-order valence-electron chi connectivity index (χ1n) is 7.51. The third-order valence-electron chi connectivity index (χ3n) is 4.25. The van der Waals surface area contributed by atoms with Gasteiger partial charge in [0.25, 0.3) is 5.91 Å². The van der Waals surface area contributed by atoms with Gasteiger partial charge in [0, 0.05) is 48.1 Å². The number of hydrogen-bond acceptors (Lipinski definition) is 3. The van der Waals surface area contributed by atoms with Gasteiger partial charge in [-0.3, -0.25) is 9.69 Å². The van der Waals surface area contributed by atoms with Crippen LogP contribution in [-0.4, -0.2) is 64.6 Å². The smallest absolute Gasteiger partial charge is 0.270 e. The number of piperazine rings is 1. The Kier molecular flexibility index (Phi) is 4.38. The quantitative estimate of drug-likeness (QED) is 0.908. The van der Waals surface area contributed by atoms with Crippen molar-refractivity contribution in [3.8, 4) is 0 Å². The second kappa shape index (κ2) is 6.28. The van der Waals surface area contributed by atoms with Gasteiger partial charge in [-0.2, -0.15) is 0 Å². The first kappa shape index (κ1) is 15.3. The molecule has 1 aromatic heterocycles. The Balaban J connectivity index is 1.75. The minimum atomic E-state index is 0.0165. The number of nitrogens with zero attached hydrogens (tertiary/aromatic N) is 2. The standard InChI is InChI=1S/C16H20ClN3O2/c1-11-10-20(5-4-19(11)6-7-21)16(22)15-8-12-2-3-13(17)9-14(12)18-15/h2-3,8-9,11,18,21H,4-7,10H2,1H3. The van der Waals surface area contributed by atoms with Crippen LogP contribution in [-0.2, 0) is 0 Å². The number of aromatic amines is 1. The number of rotatable bonds is 3. The van der Waals surface area contributed by atoms with Crippen molar-refractivity contribution in [2.75, 3.05) is 32.8 Å². The molecule has 3 rings (SSSR count). The van der Waals surface area contributed by atoms with E-state index < -0.39 is 0 Å². The van der Waals surface area contributed by atoms with Crippen LogP contribution in [0.3, 0.4) is 0 Å². The Labute approximate surface area is 134 Å². The maximum atomic E-state index is 12.7. The third kappa shape index (κ3) is 2.97. The monoisotopic (exact) mass is 321 g/mol. The second-order valence-corrected chi connectivity index (χ2v) is 6.21. The highest BCUT2D eigenvalue weighted by molar-refractivity contribution is 6.31. The van der Waals surface area contributed by atoms with E-state index in [1.165, 1.54) is 0 Å². The molecule has 0 saturated carbocycles. The predicted octanol–water partition coefficient (Wildman–Crippen LogP) is 1.96. The zero-order valence-corrected chi connectivity index (χ0v) is 13.3. The summed E-state index contributed by atoms with van der Waals surface area (Å²) in [4.78, 5) is 19.9. The average Bonchev–Trinajstić information content (AvgIpc) is 2.91. The van der Waals surface area contributed by atoms with Crippen molar-refractivity contribution in [3.63, 3.8) is 0 Å². The molecule has 2 aromatic rings. The fraction of sp³-hybridized carbons (Fsp3) is 0.438. The van der Waals surface area contributed by atoms with Gasteiger partial charge < -0.3 is 15.0 Å². The molecular formula is C16H20ClN3O2. The van der Waals surface area contributed by atoms with Crippen LogP contribution in [0.5, 0.6) is 0 Å². The van der Waals surface area contributed by atoms with Gasteiger partial charge in [0.05, 0.1) is 6.61 Å². The van der Waals surface area contributed by atoms with Crippen molar-refractivity contribution in [2.24, 2.45) is 0 Å². The molecule has 6 heteroatoms. The van der Waals surface area contributed by atoms with E-state index in [1.807, 2.05) is 29.2 Å². The van der Waals surface area contributed by atoms with Gasteiger partial charge in [-0.15, -0.1) is 0 Å². The highest BCUT2D eigenvalue weighted by Gasteiger charge is 2.27. The normalized spacial score (nSPS) is 19.8. The van der Waals surface area contributed by atoms with E-state index in [4.69, 9.17) is 16.7 Å². The van der Waals surface area contributed by atoms with Crippen molar-refractivity contribution < 1.29 is 9.90 Å². The molecule has 2 N–H and O–H groups in total. The number of aromatic nitrogens is 1. The molecule has 1 aliphatic rings. The average molecular weight is 322 g/mol. The zero-order valence-electron chi connectivity index (χ0n) is 12.6. The first-order chi connectivity index (χ1) is 10.6. The Morgan fingerprint density at radius 3 is 2.95 bits per heavy atom. The van der Waals surface area contributed by atoms with E-state index in [2.05, 4.69) is 16.8 Å². The van der Waals surface area contributed by atoms with Gasteiger partial charge >= 0.3 is 0 Å². The largest absolute Gasteiger partial charge is 0.395 e. The van der Waals surface area contributed by atoms with Gasteiger partial charge in [0.15, 0.2) is 0 Å².